The molecule has 0 saturated heterocycles. The summed E-state index contributed by atoms with van der Waals surface area (Å²) in [6.45, 7) is 2.44. The van der Waals surface area contributed by atoms with Gasteiger partial charge in [0.1, 0.15) is 5.60 Å². The van der Waals surface area contributed by atoms with Gasteiger partial charge in [-0.05, 0) is 105 Å². The molecule has 3 nitrogen and oxygen atoms in total. The van der Waals surface area contributed by atoms with E-state index in [9.17, 15) is 4.79 Å². The molecule has 3 heteroatoms. The van der Waals surface area contributed by atoms with Crippen LogP contribution in [0, 0.1) is 46.3 Å². The number of carbonyl (C=O) groups is 1. The van der Waals surface area contributed by atoms with Gasteiger partial charge in [-0.1, -0.05) is 12.5 Å². The normalized spacial score (nSPS) is 50.9. The van der Waals surface area contributed by atoms with Crippen LogP contribution in [0.3, 0.4) is 0 Å². The topological polar surface area (TPSA) is 50.2 Å². The molecule has 0 bridgehead atoms. The van der Waals surface area contributed by atoms with E-state index in [1.54, 1.807) is 11.6 Å². The molecular formula is C24H31NO2. The van der Waals surface area contributed by atoms with Crippen LogP contribution in [-0.2, 0) is 9.53 Å². The summed E-state index contributed by atoms with van der Waals surface area (Å²) < 4.78 is 6.00. The highest BCUT2D eigenvalue weighted by atomic mass is 16.6. The first-order chi connectivity index (χ1) is 13.0. The lowest BCUT2D eigenvalue weighted by molar-refractivity contribution is -0.163. The lowest BCUT2D eigenvalue weighted by Gasteiger charge is -2.58. The van der Waals surface area contributed by atoms with Crippen molar-refractivity contribution in [3.05, 3.63) is 23.8 Å². The van der Waals surface area contributed by atoms with Crippen LogP contribution in [0.2, 0.25) is 0 Å². The zero-order valence-electron chi connectivity index (χ0n) is 16.4. The van der Waals surface area contributed by atoms with Crippen molar-refractivity contribution in [3.63, 3.8) is 0 Å². The first kappa shape index (κ1) is 16.6. The van der Waals surface area contributed by atoms with Crippen molar-refractivity contribution >= 4 is 11.7 Å². The number of allylic oxidation sites excluding steroid dienone is 2. The summed E-state index contributed by atoms with van der Waals surface area (Å²) in [4.78, 5) is 12.0. The van der Waals surface area contributed by atoms with E-state index in [0.29, 0.717) is 5.92 Å². The molecular weight excluding hydrogens is 334 g/mol. The van der Waals surface area contributed by atoms with Gasteiger partial charge in [0.05, 0.1) is 0 Å². The molecule has 1 spiro atoms. The fourth-order valence-electron chi connectivity index (χ4n) is 8.25. The maximum atomic E-state index is 12.0. The van der Waals surface area contributed by atoms with E-state index in [4.69, 9.17) is 10.1 Å². The monoisotopic (exact) mass is 365 g/mol. The number of rotatable bonds is 1. The lowest BCUT2D eigenvalue weighted by atomic mass is 9.47. The first-order valence-corrected chi connectivity index (χ1v) is 11.2. The fraction of sp³-hybridized carbons (Fsp3) is 0.750. The predicted molar refractivity (Wildman–Crippen MR) is 104 cm³/mol. The summed E-state index contributed by atoms with van der Waals surface area (Å²) in [7, 11) is 0. The largest absolute Gasteiger partial charge is 0.451 e. The van der Waals surface area contributed by atoms with Crippen LogP contribution in [0.25, 0.3) is 0 Å². The third-order valence-corrected chi connectivity index (χ3v) is 9.61. The Labute approximate surface area is 162 Å². The van der Waals surface area contributed by atoms with E-state index in [0.717, 1.165) is 48.1 Å². The van der Waals surface area contributed by atoms with E-state index >= 15 is 0 Å². The number of fused-ring (bicyclic) bond motifs is 6. The van der Waals surface area contributed by atoms with E-state index in [2.05, 4.69) is 19.1 Å². The summed E-state index contributed by atoms with van der Waals surface area (Å²) in [6.07, 6.45) is 17.0. The summed E-state index contributed by atoms with van der Waals surface area (Å²) in [5.74, 6) is 4.62. The molecule has 0 amide bonds. The molecule has 4 fully saturated rings. The lowest BCUT2D eigenvalue weighted by Crippen LogP contribution is -2.54. The van der Waals surface area contributed by atoms with Crippen molar-refractivity contribution < 1.29 is 9.53 Å². The van der Waals surface area contributed by atoms with Crippen LogP contribution in [0.5, 0.6) is 0 Å². The van der Waals surface area contributed by atoms with Crippen LogP contribution < -0.4 is 0 Å². The molecule has 27 heavy (non-hydrogen) atoms. The van der Waals surface area contributed by atoms with Crippen molar-refractivity contribution in [1.29, 1.82) is 5.41 Å². The zero-order valence-corrected chi connectivity index (χ0v) is 16.4. The van der Waals surface area contributed by atoms with Gasteiger partial charge < -0.3 is 10.1 Å². The summed E-state index contributed by atoms with van der Waals surface area (Å²) >= 11 is 0. The van der Waals surface area contributed by atoms with Crippen LogP contribution in [0.1, 0.15) is 64.7 Å². The van der Waals surface area contributed by atoms with Crippen molar-refractivity contribution in [2.45, 2.75) is 70.3 Å². The molecule has 7 atom stereocenters. The SMILES string of the molecule is C[C@]12CCC3C(C(C4CC4)CC4=CC(=N)CC[C@@H]43)C1CC[C@@]21C=CC(=O)O1. The van der Waals surface area contributed by atoms with Crippen LogP contribution >= 0.6 is 0 Å². The van der Waals surface area contributed by atoms with Gasteiger partial charge in [-0.2, -0.15) is 0 Å². The van der Waals surface area contributed by atoms with Gasteiger partial charge in [-0.25, -0.2) is 4.79 Å². The van der Waals surface area contributed by atoms with Crippen molar-refractivity contribution in [1.82, 2.24) is 0 Å². The minimum atomic E-state index is -0.321. The average molecular weight is 366 g/mol. The summed E-state index contributed by atoms with van der Waals surface area (Å²) in [5.41, 5.74) is 2.27. The van der Waals surface area contributed by atoms with E-state index in [-0.39, 0.29) is 17.0 Å². The van der Waals surface area contributed by atoms with Crippen molar-refractivity contribution in [2.75, 3.05) is 0 Å². The number of hydrogen-bond acceptors (Lipinski definition) is 3. The van der Waals surface area contributed by atoms with E-state index in [1.807, 2.05) is 0 Å². The molecule has 6 aliphatic rings. The fourth-order valence-corrected chi connectivity index (χ4v) is 8.25. The highest BCUT2D eigenvalue weighted by molar-refractivity contribution is 5.93. The number of nitrogens with one attached hydrogen (secondary N) is 1. The minimum absolute atomic E-state index is 0.118. The van der Waals surface area contributed by atoms with Crippen molar-refractivity contribution in [3.8, 4) is 0 Å². The maximum Gasteiger partial charge on any atom is 0.331 e. The number of esters is 1. The second-order valence-electron chi connectivity index (χ2n) is 10.6. The van der Waals surface area contributed by atoms with E-state index < -0.39 is 0 Å². The Hall–Kier alpha value is -1.38. The second kappa shape index (κ2) is 5.36. The standard InChI is InChI=1S/C24H31NO2/c1-23-9-6-18-17-5-4-16(25)12-15(17)13-19(14-2-3-14)22(18)20(23)7-10-24(23)11-8-21(26)27-24/h8,11-12,14,17-20,22,25H,2-7,9-10,13H2,1H3/t17-,18?,19?,20?,22?,23-,24+/m0/s1. The highest BCUT2D eigenvalue weighted by Crippen LogP contribution is 2.69. The van der Waals surface area contributed by atoms with Gasteiger partial charge in [-0.3, -0.25) is 0 Å². The van der Waals surface area contributed by atoms with E-state index in [1.165, 1.54) is 44.9 Å². The minimum Gasteiger partial charge on any atom is -0.451 e. The Morgan fingerprint density at radius 1 is 1.11 bits per heavy atom. The van der Waals surface area contributed by atoms with Crippen LogP contribution in [0.4, 0.5) is 0 Å². The number of hydrogen-bond donors (Lipinski definition) is 1. The average Bonchev–Trinajstić information content (AvgIpc) is 3.36. The van der Waals surface area contributed by atoms with Gasteiger partial charge in [0.15, 0.2) is 0 Å². The number of carbonyl (C=O) groups excluding carboxylic acids is 1. The van der Waals surface area contributed by atoms with Gasteiger partial charge in [0.2, 0.25) is 0 Å². The Morgan fingerprint density at radius 3 is 2.70 bits per heavy atom. The van der Waals surface area contributed by atoms with Gasteiger partial charge in [-0.15, -0.1) is 0 Å². The molecule has 5 aliphatic carbocycles. The number of ether oxygens (including phenoxy) is 1. The van der Waals surface area contributed by atoms with Crippen molar-refractivity contribution in [2.24, 2.45) is 40.9 Å². The second-order valence-corrected chi connectivity index (χ2v) is 10.6. The third kappa shape index (κ3) is 2.15. The Kier molecular flexibility index (Phi) is 3.29. The maximum absolute atomic E-state index is 12.0. The molecule has 0 radical (unpaired) electrons. The smallest absolute Gasteiger partial charge is 0.331 e. The molecule has 4 saturated carbocycles. The Morgan fingerprint density at radius 2 is 1.96 bits per heavy atom. The van der Waals surface area contributed by atoms with Crippen LogP contribution in [0.15, 0.2) is 23.8 Å². The predicted octanol–water partition coefficient (Wildman–Crippen LogP) is 5.07. The molecule has 1 aliphatic heterocycles. The molecule has 144 valence electrons. The summed E-state index contributed by atoms with van der Waals surface area (Å²) in [5, 5.41) is 8.18. The zero-order chi connectivity index (χ0) is 18.4. The Bertz CT molecular complexity index is 777. The first-order valence-electron chi connectivity index (χ1n) is 11.2. The molecule has 1 heterocycles. The quantitative estimate of drug-likeness (QED) is 0.660. The highest BCUT2D eigenvalue weighted by Gasteiger charge is 2.66. The third-order valence-electron chi connectivity index (χ3n) is 9.61. The molecule has 0 aromatic rings. The Balaban J connectivity index is 1.40. The van der Waals surface area contributed by atoms with Crippen LogP contribution in [-0.4, -0.2) is 17.3 Å². The summed E-state index contributed by atoms with van der Waals surface area (Å²) in [6, 6.07) is 0. The van der Waals surface area contributed by atoms with Gasteiger partial charge in [0.25, 0.3) is 0 Å². The molecule has 1 N–H and O–H groups in total. The molecule has 0 aromatic heterocycles. The van der Waals surface area contributed by atoms with Gasteiger partial charge in [0, 0.05) is 17.2 Å². The van der Waals surface area contributed by atoms with Gasteiger partial charge >= 0.3 is 5.97 Å². The molecule has 6 rings (SSSR count). The molecule has 4 unspecified atom stereocenters. The molecule has 0 aromatic carbocycles.